The summed E-state index contributed by atoms with van der Waals surface area (Å²) in [5, 5.41) is 0. The quantitative estimate of drug-likeness (QED) is 0.643. The molecule has 78 valence electrons. The van der Waals surface area contributed by atoms with E-state index in [9.17, 15) is 17.6 Å². The molecular formula is C9H9F4N. The summed E-state index contributed by atoms with van der Waals surface area (Å²) in [5.74, 6) is -1.06. The van der Waals surface area contributed by atoms with Crippen molar-refractivity contribution < 1.29 is 17.6 Å². The van der Waals surface area contributed by atoms with Gasteiger partial charge >= 0.3 is 6.18 Å². The van der Waals surface area contributed by atoms with E-state index in [2.05, 4.69) is 4.98 Å². The van der Waals surface area contributed by atoms with Crippen molar-refractivity contribution in [3.8, 4) is 0 Å². The predicted molar refractivity (Wildman–Crippen MR) is 43.3 cm³/mol. The van der Waals surface area contributed by atoms with E-state index >= 15 is 0 Å². The Morgan fingerprint density at radius 1 is 1.21 bits per heavy atom. The molecule has 0 amide bonds. The Bertz CT molecular complexity index is 330. The van der Waals surface area contributed by atoms with Gasteiger partial charge in [-0.25, -0.2) is 9.37 Å². The lowest BCUT2D eigenvalue weighted by Gasteiger charge is -2.10. The maximum absolute atomic E-state index is 13.0. The average molecular weight is 207 g/mol. The maximum Gasteiger partial charge on any atom is 0.433 e. The van der Waals surface area contributed by atoms with E-state index < -0.39 is 17.7 Å². The first-order chi connectivity index (χ1) is 6.32. The van der Waals surface area contributed by atoms with Crippen molar-refractivity contribution in [1.29, 1.82) is 0 Å². The zero-order valence-corrected chi connectivity index (χ0v) is 7.69. The second kappa shape index (κ2) is 3.55. The number of alkyl halides is 3. The van der Waals surface area contributed by atoms with Gasteiger partial charge in [-0.1, -0.05) is 13.8 Å². The number of hydrogen-bond acceptors (Lipinski definition) is 1. The van der Waals surface area contributed by atoms with Gasteiger partial charge in [0.15, 0.2) is 0 Å². The number of pyridine rings is 1. The van der Waals surface area contributed by atoms with Crippen LogP contribution < -0.4 is 0 Å². The summed E-state index contributed by atoms with van der Waals surface area (Å²) in [6.07, 6.45) is -4.52. The van der Waals surface area contributed by atoms with Gasteiger partial charge < -0.3 is 0 Å². The van der Waals surface area contributed by atoms with Crippen molar-refractivity contribution in [3.05, 3.63) is 29.3 Å². The largest absolute Gasteiger partial charge is 0.433 e. The third-order valence-electron chi connectivity index (χ3n) is 1.71. The van der Waals surface area contributed by atoms with Crippen LogP contribution in [0.2, 0.25) is 0 Å². The van der Waals surface area contributed by atoms with Gasteiger partial charge in [-0.05, 0) is 18.1 Å². The lowest BCUT2D eigenvalue weighted by atomic mass is 10.1. The van der Waals surface area contributed by atoms with Crippen LogP contribution in [0.1, 0.15) is 31.2 Å². The van der Waals surface area contributed by atoms with Crippen LogP contribution in [0.15, 0.2) is 12.1 Å². The highest BCUT2D eigenvalue weighted by Crippen LogP contribution is 2.29. The molecule has 0 saturated heterocycles. The van der Waals surface area contributed by atoms with Crippen LogP contribution in [0.5, 0.6) is 0 Å². The molecule has 1 rings (SSSR count). The smallest absolute Gasteiger partial charge is 0.245 e. The molecule has 1 aromatic heterocycles. The monoisotopic (exact) mass is 207 g/mol. The zero-order valence-electron chi connectivity index (χ0n) is 7.69. The molecule has 0 N–H and O–H groups in total. The normalized spacial score (nSPS) is 12.2. The van der Waals surface area contributed by atoms with Crippen molar-refractivity contribution in [2.45, 2.75) is 25.9 Å². The number of nitrogens with zero attached hydrogens (tertiary/aromatic N) is 1. The Hall–Kier alpha value is -1.13. The molecule has 5 heteroatoms. The van der Waals surface area contributed by atoms with E-state index in [0.717, 1.165) is 6.07 Å². The van der Waals surface area contributed by atoms with Crippen LogP contribution in [0, 0.1) is 5.82 Å². The van der Waals surface area contributed by atoms with Gasteiger partial charge in [0.25, 0.3) is 0 Å². The minimum atomic E-state index is -4.52. The van der Waals surface area contributed by atoms with E-state index in [1.54, 1.807) is 13.8 Å². The average Bonchev–Trinajstić information content (AvgIpc) is 2.02. The minimum Gasteiger partial charge on any atom is -0.245 e. The second-order valence-corrected chi connectivity index (χ2v) is 3.22. The number of hydrogen-bond donors (Lipinski definition) is 0. The summed E-state index contributed by atoms with van der Waals surface area (Å²) in [6.45, 7) is 3.18. The Balaban J connectivity index is 3.20. The zero-order chi connectivity index (χ0) is 10.9. The fourth-order valence-electron chi connectivity index (χ4n) is 1.02. The SMILES string of the molecule is CC(C)c1nc(C(F)(F)F)ccc1F. The molecule has 0 aliphatic carbocycles. The van der Waals surface area contributed by atoms with Crippen molar-refractivity contribution in [3.63, 3.8) is 0 Å². The fourth-order valence-corrected chi connectivity index (χ4v) is 1.02. The summed E-state index contributed by atoms with van der Waals surface area (Å²) in [7, 11) is 0. The highest BCUT2D eigenvalue weighted by Gasteiger charge is 2.33. The molecule has 1 heterocycles. The molecule has 1 nitrogen and oxygen atoms in total. The highest BCUT2D eigenvalue weighted by molar-refractivity contribution is 5.17. The van der Waals surface area contributed by atoms with E-state index in [1.807, 2.05) is 0 Å². The molecular weight excluding hydrogens is 198 g/mol. The molecule has 0 atom stereocenters. The lowest BCUT2D eigenvalue weighted by molar-refractivity contribution is -0.141. The van der Waals surface area contributed by atoms with Crippen LogP contribution in [-0.4, -0.2) is 4.98 Å². The Morgan fingerprint density at radius 2 is 1.79 bits per heavy atom. The van der Waals surface area contributed by atoms with Gasteiger partial charge in [-0.2, -0.15) is 13.2 Å². The van der Waals surface area contributed by atoms with Gasteiger partial charge in [-0.3, -0.25) is 0 Å². The van der Waals surface area contributed by atoms with Gasteiger partial charge in [-0.15, -0.1) is 0 Å². The molecule has 0 radical (unpaired) electrons. The first kappa shape index (κ1) is 10.9. The van der Waals surface area contributed by atoms with E-state index in [4.69, 9.17) is 0 Å². The molecule has 1 aromatic rings. The third kappa shape index (κ3) is 2.21. The molecule has 0 bridgehead atoms. The maximum atomic E-state index is 13.0. The summed E-state index contributed by atoms with van der Waals surface area (Å²) < 4.78 is 49.5. The van der Waals surface area contributed by atoms with Crippen LogP contribution in [0.4, 0.5) is 17.6 Å². The molecule has 0 spiro atoms. The van der Waals surface area contributed by atoms with Crippen LogP contribution in [-0.2, 0) is 6.18 Å². The van der Waals surface area contributed by atoms with Crippen molar-refractivity contribution >= 4 is 0 Å². The Kier molecular flexibility index (Phi) is 2.78. The number of rotatable bonds is 1. The second-order valence-electron chi connectivity index (χ2n) is 3.22. The Morgan fingerprint density at radius 3 is 2.21 bits per heavy atom. The summed E-state index contributed by atoms with van der Waals surface area (Å²) >= 11 is 0. The number of halogens is 4. The van der Waals surface area contributed by atoms with Crippen molar-refractivity contribution in [2.24, 2.45) is 0 Å². The first-order valence-corrected chi connectivity index (χ1v) is 4.06. The molecule has 14 heavy (non-hydrogen) atoms. The van der Waals surface area contributed by atoms with Crippen LogP contribution >= 0.6 is 0 Å². The summed E-state index contributed by atoms with van der Waals surface area (Å²) in [4.78, 5) is 3.24. The minimum absolute atomic E-state index is 0.153. The van der Waals surface area contributed by atoms with Crippen LogP contribution in [0.25, 0.3) is 0 Å². The van der Waals surface area contributed by atoms with E-state index in [1.165, 1.54) is 0 Å². The van der Waals surface area contributed by atoms with Gasteiger partial charge in [0.1, 0.15) is 11.5 Å². The lowest BCUT2D eigenvalue weighted by Crippen LogP contribution is -2.11. The van der Waals surface area contributed by atoms with Crippen molar-refractivity contribution in [2.75, 3.05) is 0 Å². The molecule has 0 fully saturated rings. The van der Waals surface area contributed by atoms with Crippen LogP contribution in [0.3, 0.4) is 0 Å². The standard InChI is InChI=1S/C9H9F4N/c1-5(2)8-6(10)3-4-7(14-8)9(11,12)13/h3-5H,1-2H3. The molecule has 0 aliphatic rings. The van der Waals surface area contributed by atoms with E-state index in [0.29, 0.717) is 6.07 Å². The first-order valence-electron chi connectivity index (χ1n) is 4.06. The predicted octanol–water partition coefficient (Wildman–Crippen LogP) is 3.36. The highest BCUT2D eigenvalue weighted by atomic mass is 19.4. The summed E-state index contributed by atoms with van der Waals surface area (Å²) in [5.41, 5.74) is -1.21. The van der Waals surface area contributed by atoms with Crippen molar-refractivity contribution in [1.82, 2.24) is 4.98 Å². The number of aromatic nitrogens is 1. The van der Waals surface area contributed by atoms with Gasteiger partial charge in [0.2, 0.25) is 0 Å². The summed E-state index contributed by atoms with van der Waals surface area (Å²) in [6, 6.07) is 1.44. The molecule has 0 aliphatic heterocycles. The van der Waals surface area contributed by atoms with Gasteiger partial charge in [0.05, 0.1) is 5.69 Å². The van der Waals surface area contributed by atoms with E-state index in [-0.39, 0.29) is 11.6 Å². The van der Waals surface area contributed by atoms with Gasteiger partial charge in [0, 0.05) is 0 Å². The fraction of sp³-hybridized carbons (Fsp3) is 0.444. The molecule has 0 aromatic carbocycles. The Labute approximate surface area is 78.8 Å². The molecule has 0 saturated carbocycles. The molecule has 0 unspecified atom stereocenters. The topological polar surface area (TPSA) is 12.9 Å². The third-order valence-corrected chi connectivity index (χ3v) is 1.71.